The maximum absolute atomic E-state index is 8.81. The van der Waals surface area contributed by atoms with E-state index < -0.39 is 0 Å². The van der Waals surface area contributed by atoms with Crippen molar-refractivity contribution in [1.82, 2.24) is 10.6 Å². The molecule has 0 amide bonds. The molecule has 1 aliphatic rings. The first-order chi connectivity index (χ1) is 8.38. The average Bonchev–Trinajstić information content (AvgIpc) is 2.40. The topological polar surface area (TPSA) is 47.9 Å². The zero-order chi connectivity index (χ0) is 11.9. The number of nitrogens with zero attached hydrogens (tertiary/aromatic N) is 1. The summed E-state index contributed by atoms with van der Waals surface area (Å²) in [5.41, 5.74) is 1.93. The number of nitrogens with one attached hydrogen (secondary N) is 2. The van der Waals surface area contributed by atoms with E-state index in [-0.39, 0.29) is 12.4 Å². The van der Waals surface area contributed by atoms with Crippen LogP contribution >= 0.6 is 12.4 Å². The first-order valence-electron chi connectivity index (χ1n) is 6.29. The van der Waals surface area contributed by atoms with Gasteiger partial charge in [0.1, 0.15) is 0 Å². The highest BCUT2D eigenvalue weighted by Crippen LogP contribution is 2.10. The molecule has 3 nitrogen and oxygen atoms in total. The summed E-state index contributed by atoms with van der Waals surface area (Å²) < 4.78 is 0. The summed E-state index contributed by atoms with van der Waals surface area (Å²) >= 11 is 0. The first-order valence-corrected chi connectivity index (χ1v) is 6.29. The second-order valence-corrected chi connectivity index (χ2v) is 4.64. The van der Waals surface area contributed by atoms with Gasteiger partial charge in [0.15, 0.2) is 0 Å². The number of halogens is 1. The van der Waals surface area contributed by atoms with E-state index in [0.29, 0.717) is 0 Å². The molecule has 2 rings (SSSR count). The van der Waals surface area contributed by atoms with Crippen LogP contribution in [0.25, 0.3) is 0 Å². The molecule has 0 aromatic heterocycles. The fraction of sp³-hybridized carbons (Fsp3) is 0.500. The molecule has 0 spiro atoms. The van der Waals surface area contributed by atoms with Crippen molar-refractivity contribution in [1.29, 1.82) is 5.26 Å². The summed E-state index contributed by atoms with van der Waals surface area (Å²) in [6.45, 7) is 4.24. The molecule has 0 radical (unpaired) electrons. The fourth-order valence-electron chi connectivity index (χ4n) is 2.26. The Morgan fingerprint density at radius 2 is 2.11 bits per heavy atom. The Bertz CT molecular complexity index is 394. The Hall–Kier alpha value is -1.08. The summed E-state index contributed by atoms with van der Waals surface area (Å²) in [7, 11) is 0. The smallest absolute Gasteiger partial charge is 0.0991 e. The van der Waals surface area contributed by atoms with Gasteiger partial charge in [-0.1, -0.05) is 12.1 Å². The zero-order valence-corrected chi connectivity index (χ0v) is 11.3. The van der Waals surface area contributed by atoms with Crippen molar-refractivity contribution in [2.24, 2.45) is 5.92 Å². The Morgan fingerprint density at radius 1 is 1.33 bits per heavy atom. The van der Waals surface area contributed by atoms with Gasteiger partial charge in [-0.2, -0.15) is 5.26 Å². The maximum Gasteiger partial charge on any atom is 0.0991 e. The summed E-state index contributed by atoms with van der Waals surface area (Å²) in [5, 5.41) is 15.7. The van der Waals surface area contributed by atoms with Crippen molar-refractivity contribution in [3.63, 3.8) is 0 Å². The summed E-state index contributed by atoms with van der Waals surface area (Å²) in [6.07, 6.45) is 2.54. The normalized spacial score (nSPS) is 15.7. The fourth-order valence-corrected chi connectivity index (χ4v) is 2.26. The van der Waals surface area contributed by atoms with Crippen LogP contribution in [-0.4, -0.2) is 19.6 Å². The van der Waals surface area contributed by atoms with Crippen LogP contribution in [0.5, 0.6) is 0 Å². The van der Waals surface area contributed by atoms with Crippen LogP contribution in [-0.2, 0) is 6.54 Å². The van der Waals surface area contributed by atoms with Gasteiger partial charge in [0.2, 0.25) is 0 Å². The molecule has 0 bridgehead atoms. The molecule has 0 aliphatic carbocycles. The molecule has 0 unspecified atom stereocenters. The molecular weight excluding hydrogens is 246 g/mol. The molecule has 2 N–H and O–H groups in total. The summed E-state index contributed by atoms with van der Waals surface area (Å²) in [4.78, 5) is 0. The summed E-state index contributed by atoms with van der Waals surface area (Å²) in [5.74, 6) is 0.801. The maximum atomic E-state index is 8.81. The summed E-state index contributed by atoms with van der Waals surface area (Å²) in [6, 6.07) is 9.98. The van der Waals surface area contributed by atoms with Crippen molar-refractivity contribution < 1.29 is 0 Å². The van der Waals surface area contributed by atoms with E-state index in [1.807, 2.05) is 18.2 Å². The molecule has 4 heteroatoms. The predicted molar refractivity (Wildman–Crippen MR) is 75.7 cm³/mol. The second-order valence-electron chi connectivity index (χ2n) is 4.64. The van der Waals surface area contributed by atoms with Gasteiger partial charge in [0, 0.05) is 6.54 Å². The van der Waals surface area contributed by atoms with Gasteiger partial charge in [-0.3, -0.25) is 0 Å². The van der Waals surface area contributed by atoms with Crippen LogP contribution in [0.15, 0.2) is 24.3 Å². The minimum Gasteiger partial charge on any atom is -0.317 e. The number of benzene rings is 1. The molecule has 1 aliphatic heterocycles. The van der Waals surface area contributed by atoms with Crippen LogP contribution < -0.4 is 10.6 Å². The molecule has 18 heavy (non-hydrogen) atoms. The van der Waals surface area contributed by atoms with Crippen molar-refractivity contribution >= 4 is 12.4 Å². The number of piperidine rings is 1. The van der Waals surface area contributed by atoms with Crippen molar-refractivity contribution in [2.45, 2.75) is 19.4 Å². The van der Waals surface area contributed by atoms with Gasteiger partial charge in [0.05, 0.1) is 11.6 Å². The highest BCUT2D eigenvalue weighted by atomic mass is 35.5. The van der Waals surface area contributed by atoms with E-state index >= 15 is 0 Å². The third-order valence-electron chi connectivity index (χ3n) is 3.28. The van der Waals surface area contributed by atoms with E-state index in [1.165, 1.54) is 18.4 Å². The Morgan fingerprint density at radius 3 is 2.83 bits per heavy atom. The van der Waals surface area contributed by atoms with Crippen LogP contribution in [0.2, 0.25) is 0 Å². The van der Waals surface area contributed by atoms with E-state index in [4.69, 9.17) is 5.26 Å². The highest BCUT2D eigenvalue weighted by molar-refractivity contribution is 5.85. The van der Waals surface area contributed by atoms with Gasteiger partial charge in [0.25, 0.3) is 0 Å². The predicted octanol–water partition coefficient (Wildman–Crippen LogP) is 2.07. The van der Waals surface area contributed by atoms with E-state index in [9.17, 15) is 0 Å². The van der Waals surface area contributed by atoms with Crippen LogP contribution in [0.4, 0.5) is 0 Å². The zero-order valence-electron chi connectivity index (χ0n) is 10.5. The van der Waals surface area contributed by atoms with Gasteiger partial charge in [-0.15, -0.1) is 12.4 Å². The molecule has 1 heterocycles. The quantitative estimate of drug-likeness (QED) is 0.876. The number of hydrogen-bond donors (Lipinski definition) is 2. The third kappa shape index (κ3) is 4.66. The van der Waals surface area contributed by atoms with Crippen LogP contribution in [0, 0.1) is 17.2 Å². The number of rotatable bonds is 4. The van der Waals surface area contributed by atoms with Gasteiger partial charge < -0.3 is 10.6 Å². The Kier molecular flexibility index (Phi) is 6.74. The average molecular weight is 266 g/mol. The minimum absolute atomic E-state index is 0. The van der Waals surface area contributed by atoms with Crippen molar-refractivity contribution in [3.8, 4) is 6.07 Å². The van der Waals surface area contributed by atoms with Gasteiger partial charge in [-0.25, -0.2) is 0 Å². The van der Waals surface area contributed by atoms with E-state index in [2.05, 4.69) is 22.8 Å². The largest absolute Gasteiger partial charge is 0.317 e. The van der Waals surface area contributed by atoms with E-state index in [1.54, 1.807) is 0 Å². The molecule has 98 valence electrons. The van der Waals surface area contributed by atoms with Crippen LogP contribution in [0.1, 0.15) is 24.0 Å². The Labute approximate surface area is 115 Å². The monoisotopic (exact) mass is 265 g/mol. The first kappa shape index (κ1) is 15.0. The van der Waals surface area contributed by atoms with Crippen molar-refractivity contribution in [3.05, 3.63) is 35.4 Å². The molecular formula is C14H20ClN3. The number of hydrogen-bond acceptors (Lipinski definition) is 3. The second kappa shape index (κ2) is 8.10. The lowest BCUT2D eigenvalue weighted by atomic mass is 9.98. The van der Waals surface area contributed by atoms with Gasteiger partial charge in [-0.05, 0) is 56.1 Å². The highest BCUT2D eigenvalue weighted by Gasteiger charge is 2.11. The third-order valence-corrected chi connectivity index (χ3v) is 3.28. The lowest BCUT2D eigenvalue weighted by Crippen LogP contribution is -2.33. The lowest BCUT2D eigenvalue weighted by Gasteiger charge is -2.22. The number of nitriles is 1. The van der Waals surface area contributed by atoms with Gasteiger partial charge >= 0.3 is 0 Å². The lowest BCUT2D eigenvalue weighted by molar-refractivity contribution is 0.356. The molecule has 0 saturated carbocycles. The Balaban J connectivity index is 0.00000162. The molecule has 1 saturated heterocycles. The molecule has 0 atom stereocenters. The van der Waals surface area contributed by atoms with E-state index in [0.717, 1.165) is 37.7 Å². The van der Waals surface area contributed by atoms with Crippen molar-refractivity contribution in [2.75, 3.05) is 19.6 Å². The molecule has 1 aromatic rings. The minimum atomic E-state index is 0. The molecule has 1 aromatic carbocycles. The standard InChI is InChI=1S/C14H19N3.ClH/c15-9-13-2-1-3-14(8-13)11-17-10-12-4-6-16-7-5-12;/h1-3,8,12,16-17H,4-7,10-11H2;1H. The molecule has 1 fully saturated rings. The van der Waals surface area contributed by atoms with Crippen LogP contribution in [0.3, 0.4) is 0 Å². The SMILES string of the molecule is Cl.N#Cc1cccc(CNCC2CCNCC2)c1.